The topological polar surface area (TPSA) is 123 Å². The summed E-state index contributed by atoms with van der Waals surface area (Å²) in [7, 11) is 0. The van der Waals surface area contributed by atoms with Crippen LogP contribution in [0.2, 0.25) is 0 Å². The van der Waals surface area contributed by atoms with Gasteiger partial charge < -0.3 is 20.3 Å². The molecule has 1 aromatic heterocycles. The summed E-state index contributed by atoms with van der Waals surface area (Å²) in [4.78, 5) is 37.3. The lowest BCUT2D eigenvalue weighted by molar-refractivity contribution is -0.0464. The molecule has 3 N–H and O–H groups in total. The molecule has 3 rings (SSSR count). The molecule has 0 saturated carbocycles. The molecule has 9 nitrogen and oxygen atoms in total. The summed E-state index contributed by atoms with van der Waals surface area (Å²) in [5.41, 5.74) is -0.401. The number of halogens is 1. The van der Waals surface area contributed by atoms with E-state index >= 15 is 0 Å². The molecular weight excluding hydrogens is 396 g/mol. The number of hydrogen-bond donors (Lipinski definition) is 3. The molecule has 1 saturated heterocycles. The molecule has 1 aromatic carbocycles. The van der Waals surface area contributed by atoms with E-state index in [9.17, 15) is 29.0 Å². The number of aryl methyl sites for hydroxylation is 1. The third-order valence-electron chi connectivity index (χ3n) is 5.01. The number of hydrogen-bond acceptors (Lipinski definition) is 6. The number of carbonyl (C=O) groups excluding carboxylic acids is 1. The second-order valence-electron chi connectivity index (χ2n) is 7.19. The summed E-state index contributed by atoms with van der Waals surface area (Å²) in [6.45, 7) is 1.47. The van der Waals surface area contributed by atoms with Crippen molar-refractivity contribution in [2.75, 3.05) is 13.2 Å². The van der Waals surface area contributed by atoms with E-state index in [4.69, 9.17) is 4.74 Å². The number of nitrogens with one attached hydrogen (secondary N) is 1. The molecule has 1 aliphatic rings. The van der Waals surface area contributed by atoms with Gasteiger partial charge in [0.05, 0.1) is 12.7 Å². The fourth-order valence-electron chi connectivity index (χ4n) is 3.35. The van der Waals surface area contributed by atoms with Gasteiger partial charge in [0.25, 0.3) is 11.5 Å². The Labute approximate surface area is 171 Å². The minimum absolute atomic E-state index is 0.0712. The predicted octanol–water partition coefficient (Wildman–Crippen LogP) is -0.0817. The minimum Gasteiger partial charge on any atom is -0.394 e. The van der Waals surface area contributed by atoms with Crippen LogP contribution in [-0.4, -0.2) is 50.6 Å². The molecule has 1 amide bonds. The first-order valence-corrected chi connectivity index (χ1v) is 9.62. The van der Waals surface area contributed by atoms with Gasteiger partial charge in [-0.2, -0.15) is 0 Å². The van der Waals surface area contributed by atoms with Gasteiger partial charge >= 0.3 is 5.69 Å². The maximum absolute atomic E-state index is 12.9. The van der Waals surface area contributed by atoms with E-state index in [2.05, 4.69) is 5.32 Å². The normalized spacial score (nSPS) is 21.0. The number of aromatic nitrogens is 2. The highest BCUT2D eigenvalue weighted by Gasteiger charge is 2.35. The van der Waals surface area contributed by atoms with E-state index in [0.717, 1.165) is 4.57 Å². The summed E-state index contributed by atoms with van der Waals surface area (Å²) >= 11 is 0. The lowest BCUT2D eigenvalue weighted by atomic mass is 10.2. The quantitative estimate of drug-likeness (QED) is 0.539. The van der Waals surface area contributed by atoms with Crippen molar-refractivity contribution in [1.82, 2.24) is 14.5 Å². The van der Waals surface area contributed by atoms with Crippen LogP contribution >= 0.6 is 0 Å². The number of aliphatic hydroxyl groups is 2. The van der Waals surface area contributed by atoms with Gasteiger partial charge in [0.15, 0.2) is 0 Å². The van der Waals surface area contributed by atoms with Crippen molar-refractivity contribution in [1.29, 1.82) is 0 Å². The van der Waals surface area contributed by atoms with E-state index in [0.29, 0.717) is 17.5 Å². The van der Waals surface area contributed by atoms with Gasteiger partial charge in [-0.3, -0.25) is 18.7 Å². The molecule has 162 valence electrons. The molecule has 0 aliphatic carbocycles. The number of carbonyl (C=O) groups is 1. The molecular formula is C20H24FN3O6. The predicted molar refractivity (Wildman–Crippen MR) is 105 cm³/mol. The number of nitrogens with zero attached hydrogens (tertiary/aromatic N) is 2. The van der Waals surface area contributed by atoms with Crippen molar-refractivity contribution >= 4 is 5.91 Å². The summed E-state index contributed by atoms with van der Waals surface area (Å²) in [6, 6.07) is 5.11. The van der Waals surface area contributed by atoms with Crippen molar-refractivity contribution in [2.45, 2.75) is 44.7 Å². The Morgan fingerprint density at radius 3 is 2.63 bits per heavy atom. The van der Waals surface area contributed by atoms with Crippen LogP contribution in [0.3, 0.4) is 0 Å². The lowest BCUT2D eigenvalue weighted by Crippen LogP contribution is -2.42. The first-order valence-electron chi connectivity index (χ1n) is 9.62. The average molecular weight is 420 g/mol. The molecule has 0 spiro atoms. The minimum atomic E-state index is -0.908. The Morgan fingerprint density at radius 2 is 2.00 bits per heavy atom. The van der Waals surface area contributed by atoms with Gasteiger partial charge in [-0.15, -0.1) is 0 Å². The number of ether oxygens (including phenoxy) is 1. The van der Waals surface area contributed by atoms with E-state index in [1.807, 2.05) is 0 Å². The van der Waals surface area contributed by atoms with Gasteiger partial charge in [0.1, 0.15) is 18.1 Å². The zero-order valence-corrected chi connectivity index (χ0v) is 16.5. The second kappa shape index (κ2) is 9.33. The first-order chi connectivity index (χ1) is 14.3. The SMILES string of the molecule is Cc1cn([C@H]2C[C@H](O)[C@@H](CO)O2)c(=O)n(CCCNC(=O)c2ccc([18F])cc2)c1=O. The van der Waals surface area contributed by atoms with Crippen molar-refractivity contribution < 1.29 is 24.1 Å². The number of aliphatic hydroxyl groups excluding tert-OH is 2. The molecule has 2 heterocycles. The lowest BCUT2D eigenvalue weighted by Gasteiger charge is -2.17. The van der Waals surface area contributed by atoms with Gasteiger partial charge in [-0.05, 0) is 37.6 Å². The van der Waals surface area contributed by atoms with Gasteiger partial charge in [0, 0.05) is 36.8 Å². The first kappa shape index (κ1) is 21.9. The highest BCUT2D eigenvalue weighted by Crippen LogP contribution is 2.27. The van der Waals surface area contributed by atoms with Gasteiger partial charge in [-0.1, -0.05) is 0 Å². The van der Waals surface area contributed by atoms with Crippen LogP contribution in [0.4, 0.5) is 4.39 Å². The summed E-state index contributed by atoms with van der Waals surface area (Å²) in [5, 5.41) is 21.8. The van der Waals surface area contributed by atoms with Crippen molar-refractivity contribution in [3.63, 3.8) is 0 Å². The zero-order valence-electron chi connectivity index (χ0n) is 16.5. The zero-order chi connectivity index (χ0) is 21.8. The number of benzene rings is 1. The monoisotopic (exact) mass is 420 g/mol. The van der Waals surface area contributed by atoms with Crippen LogP contribution in [-0.2, 0) is 11.3 Å². The Balaban J connectivity index is 1.66. The Kier molecular flexibility index (Phi) is 6.80. The largest absolute Gasteiger partial charge is 0.394 e. The van der Waals surface area contributed by atoms with Crippen LogP contribution in [0.5, 0.6) is 0 Å². The molecule has 0 bridgehead atoms. The maximum Gasteiger partial charge on any atom is 0.333 e. The molecule has 0 unspecified atom stereocenters. The van der Waals surface area contributed by atoms with Crippen LogP contribution in [0.1, 0.15) is 35.0 Å². The van der Waals surface area contributed by atoms with Crippen LogP contribution in [0, 0.1) is 12.7 Å². The fourth-order valence-corrected chi connectivity index (χ4v) is 3.35. The Bertz CT molecular complexity index is 1020. The smallest absolute Gasteiger partial charge is 0.333 e. The molecule has 10 heteroatoms. The van der Waals surface area contributed by atoms with Gasteiger partial charge in [-0.25, -0.2) is 9.18 Å². The van der Waals surface area contributed by atoms with Crippen LogP contribution in [0.25, 0.3) is 0 Å². The third kappa shape index (κ3) is 4.66. The molecule has 0 radical (unpaired) electrons. The van der Waals surface area contributed by atoms with E-state index in [1.54, 1.807) is 6.92 Å². The molecule has 30 heavy (non-hydrogen) atoms. The maximum atomic E-state index is 12.9. The van der Waals surface area contributed by atoms with Crippen molar-refractivity contribution in [3.8, 4) is 0 Å². The highest BCUT2D eigenvalue weighted by atomic mass is 18.2. The van der Waals surface area contributed by atoms with E-state index < -0.39 is 35.5 Å². The van der Waals surface area contributed by atoms with Crippen molar-refractivity contribution in [2.24, 2.45) is 0 Å². The van der Waals surface area contributed by atoms with Crippen LogP contribution in [0.15, 0.2) is 40.1 Å². The van der Waals surface area contributed by atoms with Crippen LogP contribution < -0.4 is 16.6 Å². The van der Waals surface area contributed by atoms with Gasteiger partial charge in [0.2, 0.25) is 0 Å². The number of amides is 1. The molecule has 1 aliphatic heterocycles. The fraction of sp³-hybridized carbons (Fsp3) is 0.450. The summed E-state index contributed by atoms with van der Waals surface area (Å²) in [6.07, 6.45) is -0.656. The second-order valence-corrected chi connectivity index (χ2v) is 7.19. The number of rotatable bonds is 7. The highest BCUT2D eigenvalue weighted by molar-refractivity contribution is 5.94. The molecule has 3 atom stereocenters. The Morgan fingerprint density at radius 1 is 1.30 bits per heavy atom. The Hall–Kier alpha value is -2.82. The standard InChI is InChI=1S/C20H24FN3O6/c1-12-10-24(17-9-15(26)16(11-25)30-17)20(29)23(19(12)28)8-2-7-22-18(27)13-3-5-14(21)6-4-13/h3-6,10,15-17,25-26H,2,7-9,11H2,1H3,(H,22,27)/t15-,16+,17+/m0/s1/i21-1. The molecule has 1 fully saturated rings. The average Bonchev–Trinajstić information content (AvgIpc) is 3.10. The van der Waals surface area contributed by atoms with E-state index in [1.165, 1.54) is 35.0 Å². The summed E-state index contributed by atoms with van der Waals surface area (Å²) in [5.74, 6) is -0.821. The molecule has 2 aromatic rings. The third-order valence-corrected chi connectivity index (χ3v) is 5.01. The van der Waals surface area contributed by atoms with E-state index in [-0.39, 0.29) is 32.0 Å². The van der Waals surface area contributed by atoms with Crippen molar-refractivity contribution in [3.05, 3.63) is 68.2 Å². The summed E-state index contributed by atoms with van der Waals surface area (Å²) < 4.78 is 20.7.